The van der Waals surface area contributed by atoms with Gasteiger partial charge in [-0.1, -0.05) is 18.1 Å². The summed E-state index contributed by atoms with van der Waals surface area (Å²) in [5.74, 6) is 1.49. The molecule has 2 rings (SSSR count). The smallest absolute Gasteiger partial charge is 0.339 e. The van der Waals surface area contributed by atoms with E-state index in [1.54, 1.807) is 24.3 Å². The number of rotatable bonds is 2. The summed E-state index contributed by atoms with van der Waals surface area (Å²) in [5.41, 5.74) is 2.12. The van der Waals surface area contributed by atoms with Gasteiger partial charge in [0, 0.05) is 11.1 Å². The molecule has 0 aliphatic rings. The minimum Gasteiger partial charge on any atom is -0.478 e. The second-order valence-electron chi connectivity index (χ2n) is 3.19. The topological polar surface area (TPSA) is 66.0 Å². The average molecular weight is 212 g/mol. The fourth-order valence-electron chi connectivity index (χ4n) is 1.40. The number of aromatic amines is 1. The van der Waals surface area contributed by atoms with Crippen LogP contribution in [-0.4, -0.2) is 21.3 Å². The van der Waals surface area contributed by atoms with Crippen LogP contribution in [0.3, 0.4) is 0 Å². The lowest BCUT2D eigenvalue weighted by Gasteiger charge is -1.99. The molecule has 0 spiro atoms. The molecule has 0 aliphatic carbocycles. The first-order valence-electron chi connectivity index (χ1n) is 4.56. The molecule has 0 fully saturated rings. The maximum absolute atomic E-state index is 10.9. The van der Waals surface area contributed by atoms with Gasteiger partial charge in [0.15, 0.2) is 0 Å². The second kappa shape index (κ2) is 3.91. The van der Waals surface area contributed by atoms with E-state index in [4.69, 9.17) is 11.5 Å². The molecule has 78 valence electrons. The molecule has 2 aromatic rings. The van der Waals surface area contributed by atoms with Crippen LogP contribution in [0.1, 0.15) is 15.9 Å². The summed E-state index contributed by atoms with van der Waals surface area (Å²) in [6, 6.07) is 7.02. The van der Waals surface area contributed by atoms with Crippen molar-refractivity contribution in [2.75, 3.05) is 0 Å². The number of nitrogens with zero attached hydrogens (tertiary/aromatic N) is 1. The summed E-state index contributed by atoms with van der Waals surface area (Å²) in [4.78, 5) is 10.9. The first-order valence-corrected chi connectivity index (χ1v) is 4.56. The summed E-state index contributed by atoms with van der Waals surface area (Å²) in [6.07, 6.45) is 6.52. The molecule has 0 atom stereocenters. The van der Waals surface area contributed by atoms with Crippen molar-refractivity contribution in [3.63, 3.8) is 0 Å². The first-order chi connectivity index (χ1) is 7.72. The van der Waals surface area contributed by atoms with Gasteiger partial charge in [-0.2, -0.15) is 5.10 Å². The average Bonchev–Trinajstić information content (AvgIpc) is 2.78. The van der Waals surface area contributed by atoms with E-state index >= 15 is 0 Å². The van der Waals surface area contributed by atoms with Gasteiger partial charge >= 0.3 is 5.97 Å². The number of aromatic nitrogens is 2. The normalized spacial score (nSPS) is 9.69. The van der Waals surface area contributed by atoms with E-state index in [9.17, 15) is 4.79 Å². The van der Waals surface area contributed by atoms with E-state index in [0.29, 0.717) is 5.69 Å². The lowest BCUT2D eigenvalue weighted by atomic mass is 10.1. The van der Waals surface area contributed by atoms with Gasteiger partial charge in [-0.25, -0.2) is 4.79 Å². The number of aromatic carboxylic acids is 1. The van der Waals surface area contributed by atoms with Crippen LogP contribution < -0.4 is 0 Å². The number of H-pyrrole nitrogens is 1. The van der Waals surface area contributed by atoms with Gasteiger partial charge in [0.25, 0.3) is 0 Å². The Kier molecular flexibility index (Phi) is 2.44. The molecule has 0 saturated heterocycles. The number of nitrogens with one attached hydrogen (secondary N) is 1. The summed E-state index contributed by atoms with van der Waals surface area (Å²) in [7, 11) is 0. The van der Waals surface area contributed by atoms with Crippen LogP contribution >= 0.6 is 0 Å². The third-order valence-corrected chi connectivity index (χ3v) is 2.21. The van der Waals surface area contributed by atoms with E-state index in [1.165, 1.54) is 6.20 Å². The van der Waals surface area contributed by atoms with E-state index in [-0.39, 0.29) is 5.56 Å². The highest BCUT2D eigenvalue weighted by Gasteiger charge is 2.13. The van der Waals surface area contributed by atoms with Gasteiger partial charge < -0.3 is 5.11 Å². The standard InChI is InChI=1S/C12H8N2O2/c1-2-8-3-5-9(6-4-8)11-10(12(15)16)7-13-14-11/h1,3-7H,(H,13,14)(H,15,16). The monoisotopic (exact) mass is 212 g/mol. The van der Waals surface area contributed by atoms with Gasteiger partial charge in [0.2, 0.25) is 0 Å². The number of carboxylic acid groups (broad SMARTS) is 1. The molecule has 0 aliphatic heterocycles. The molecule has 16 heavy (non-hydrogen) atoms. The van der Waals surface area contributed by atoms with Crippen molar-refractivity contribution in [3.8, 4) is 23.6 Å². The van der Waals surface area contributed by atoms with Crippen LogP contribution in [0.4, 0.5) is 0 Å². The minimum absolute atomic E-state index is 0.147. The molecule has 0 amide bonds. The fraction of sp³-hybridized carbons (Fsp3) is 0. The number of carbonyl (C=O) groups is 1. The van der Waals surface area contributed by atoms with Crippen molar-refractivity contribution in [1.29, 1.82) is 0 Å². The largest absolute Gasteiger partial charge is 0.478 e. The molecule has 4 nitrogen and oxygen atoms in total. The van der Waals surface area contributed by atoms with Crippen molar-refractivity contribution >= 4 is 5.97 Å². The molecule has 1 aromatic heterocycles. The molecule has 0 unspecified atom stereocenters. The van der Waals surface area contributed by atoms with Gasteiger partial charge in [-0.05, 0) is 12.1 Å². The second-order valence-corrected chi connectivity index (χ2v) is 3.19. The van der Waals surface area contributed by atoms with E-state index < -0.39 is 5.97 Å². The highest BCUT2D eigenvalue weighted by Crippen LogP contribution is 2.21. The van der Waals surface area contributed by atoms with Crippen molar-refractivity contribution in [1.82, 2.24) is 10.2 Å². The Labute approximate surface area is 91.9 Å². The SMILES string of the molecule is C#Cc1ccc(-c2[nH]ncc2C(=O)O)cc1. The Bertz CT molecular complexity index is 561. The Morgan fingerprint density at radius 1 is 1.38 bits per heavy atom. The molecule has 2 N–H and O–H groups in total. The number of hydrogen-bond acceptors (Lipinski definition) is 2. The summed E-state index contributed by atoms with van der Waals surface area (Å²) >= 11 is 0. The van der Waals surface area contributed by atoms with Crippen LogP contribution in [-0.2, 0) is 0 Å². The van der Waals surface area contributed by atoms with Gasteiger partial charge in [-0.3, -0.25) is 5.10 Å². The number of terminal acetylenes is 1. The molecule has 0 saturated carbocycles. The van der Waals surface area contributed by atoms with Crippen LogP contribution in [0.2, 0.25) is 0 Å². The maximum atomic E-state index is 10.9. The Hall–Kier alpha value is -2.54. The van der Waals surface area contributed by atoms with Crippen LogP contribution in [0.25, 0.3) is 11.3 Å². The Morgan fingerprint density at radius 3 is 2.62 bits per heavy atom. The third kappa shape index (κ3) is 1.66. The van der Waals surface area contributed by atoms with E-state index in [0.717, 1.165) is 11.1 Å². The van der Waals surface area contributed by atoms with Crippen LogP contribution in [0.15, 0.2) is 30.5 Å². The highest BCUT2D eigenvalue weighted by atomic mass is 16.4. The zero-order valence-corrected chi connectivity index (χ0v) is 8.27. The molecule has 0 bridgehead atoms. The van der Waals surface area contributed by atoms with Gasteiger partial charge in [0.05, 0.1) is 11.9 Å². The van der Waals surface area contributed by atoms with E-state index in [1.807, 2.05) is 0 Å². The lowest BCUT2D eigenvalue weighted by molar-refractivity contribution is 0.0698. The van der Waals surface area contributed by atoms with E-state index in [2.05, 4.69) is 16.1 Å². The molecule has 4 heteroatoms. The molecular weight excluding hydrogens is 204 g/mol. The summed E-state index contributed by atoms with van der Waals surface area (Å²) in [5, 5.41) is 15.3. The highest BCUT2D eigenvalue weighted by molar-refractivity contribution is 5.94. The predicted octanol–water partition coefficient (Wildman–Crippen LogP) is 1.76. The number of benzene rings is 1. The third-order valence-electron chi connectivity index (χ3n) is 2.21. The molecule has 0 radical (unpaired) electrons. The van der Waals surface area contributed by atoms with Crippen molar-refractivity contribution in [2.45, 2.75) is 0 Å². The molecule has 1 aromatic carbocycles. The quantitative estimate of drug-likeness (QED) is 0.745. The van der Waals surface area contributed by atoms with Crippen LogP contribution in [0.5, 0.6) is 0 Å². The van der Waals surface area contributed by atoms with Gasteiger partial charge in [-0.15, -0.1) is 6.42 Å². The minimum atomic E-state index is -1.01. The number of carboxylic acids is 1. The molecule has 1 heterocycles. The Balaban J connectivity index is 2.47. The number of hydrogen-bond donors (Lipinski definition) is 2. The fourth-order valence-corrected chi connectivity index (χ4v) is 1.40. The van der Waals surface area contributed by atoms with Crippen LogP contribution in [0, 0.1) is 12.3 Å². The summed E-state index contributed by atoms with van der Waals surface area (Å²) < 4.78 is 0. The maximum Gasteiger partial charge on any atom is 0.339 e. The zero-order valence-electron chi connectivity index (χ0n) is 8.27. The van der Waals surface area contributed by atoms with Crippen molar-refractivity contribution in [3.05, 3.63) is 41.6 Å². The zero-order chi connectivity index (χ0) is 11.5. The predicted molar refractivity (Wildman–Crippen MR) is 58.9 cm³/mol. The van der Waals surface area contributed by atoms with Crippen molar-refractivity contribution < 1.29 is 9.90 Å². The Morgan fingerprint density at radius 2 is 2.06 bits per heavy atom. The first kappa shape index (κ1) is 9.99. The van der Waals surface area contributed by atoms with Gasteiger partial charge in [0.1, 0.15) is 5.56 Å². The molecular formula is C12H8N2O2. The summed E-state index contributed by atoms with van der Waals surface area (Å²) in [6.45, 7) is 0. The van der Waals surface area contributed by atoms with Crippen molar-refractivity contribution in [2.24, 2.45) is 0 Å². The lowest BCUT2D eigenvalue weighted by Crippen LogP contribution is -1.96.